The summed E-state index contributed by atoms with van der Waals surface area (Å²) in [7, 11) is 0. The van der Waals surface area contributed by atoms with Gasteiger partial charge in [-0.05, 0) is 36.5 Å². The molecule has 1 unspecified atom stereocenters. The third-order valence-electron chi connectivity index (χ3n) is 3.95. The molecule has 0 radical (unpaired) electrons. The quantitative estimate of drug-likeness (QED) is 0.830. The molecule has 94 valence electrons. The third-order valence-corrected chi connectivity index (χ3v) is 4.36. The Morgan fingerprint density at radius 3 is 2.71 bits per heavy atom. The number of aliphatic hydroxyl groups is 1. The molecule has 0 aromatic heterocycles. The monoisotopic (exact) mass is 252 g/mol. The first-order valence-corrected chi connectivity index (χ1v) is 6.99. The Morgan fingerprint density at radius 2 is 2.00 bits per heavy atom. The predicted octanol–water partition coefficient (Wildman–Crippen LogP) is 4.65. The lowest BCUT2D eigenvalue weighted by atomic mass is 9.83. The summed E-state index contributed by atoms with van der Waals surface area (Å²) >= 11 is 6.09. The van der Waals surface area contributed by atoms with Gasteiger partial charge in [0, 0.05) is 5.02 Å². The highest BCUT2D eigenvalue weighted by molar-refractivity contribution is 6.31. The standard InChI is InChI=1S/C15H21ClO/c1-11-13(8-5-9-14(11)16)15(17)10-12-6-3-2-4-7-12/h5,8-9,12,15,17H,2-4,6-7,10H2,1H3. The Balaban J connectivity index is 2.03. The molecule has 1 aromatic rings. The van der Waals surface area contributed by atoms with E-state index < -0.39 is 0 Å². The van der Waals surface area contributed by atoms with Crippen LogP contribution in [0.1, 0.15) is 55.8 Å². The second kappa shape index (κ2) is 5.88. The normalized spacial score (nSPS) is 19.2. The van der Waals surface area contributed by atoms with E-state index in [1.165, 1.54) is 32.1 Å². The molecule has 0 saturated heterocycles. The van der Waals surface area contributed by atoms with E-state index in [1.54, 1.807) is 0 Å². The van der Waals surface area contributed by atoms with Crippen molar-refractivity contribution in [3.63, 3.8) is 0 Å². The molecule has 1 nitrogen and oxygen atoms in total. The summed E-state index contributed by atoms with van der Waals surface area (Å²) in [6.07, 6.45) is 7.10. The predicted molar refractivity (Wildman–Crippen MR) is 72.3 cm³/mol. The Kier molecular flexibility index (Phi) is 4.47. The zero-order chi connectivity index (χ0) is 12.3. The van der Waals surface area contributed by atoms with Crippen LogP contribution in [0.3, 0.4) is 0 Å². The maximum Gasteiger partial charge on any atom is 0.0795 e. The number of rotatable bonds is 3. The van der Waals surface area contributed by atoms with Crippen molar-refractivity contribution in [2.75, 3.05) is 0 Å². The highest BCUT2D eigenvalue weighted by Gasteiger charge is 2.19. The highest BCUT2D eigenvalue weighted by atomic mass is 35.5. The average Bonchev–Trinajstić information content (AvgIpc) is 2.34. The molecule has 1 aromatic carbocycles. The molecule has 17 heavy (non-hydrogen) atoms. The fourth-order valence-corrected chi connectivity index (χ4v) is 3.03. The van der Waals surface area contributed by atoms with Crippen LogP contribution in [0.5, 0.6) is 0 Å². The van der Waals surface area contributed by atoms with Crippen LogP contribution in [-0.2, 0) is 0 Å². The molecule has 2 heteroatoms. The summed E-state index contributed by atoms with van der Waals surface area (Å²) in [5.41, 5.74) is 2.03. The summed E-state index contributed by atoms with van der Waals surface area (Å²) in [5, 5.41) is 11.1. The first-order valence-electron chi connectivity index (χ1n) is 6.61. The van der Waals surface area contributed by atoms with Gasteiger partial charge < -0.3 is 5.11 Å². The van der Waals surface area contributed by atoms with Gasteiger partial charge >= 0.3 is 0 Å². The van der Waals surface area contributed by atoms with Crippen LogP contribution in [0.4, 0.5) is 0 Å². The van der Waals surface area contributed by atoms with Gasteiger partial charge in [-0.25, -0.2) is 0 Å². The zero-order valence-electron chi connectivity index (χ0n) is 10.5. The van der Waals surface area contributed by atoms with Crippen LogP contribution >= 0.6 is 11.6 Å². The van der Waals surface area contributed by atoms with E-state index in [2.05, 4.69) is 0 Å². The van der Waals surface area contributed by atoms with E-state index >= 15 is 0 Å². The highest BCUT2D eigenvalue weighted by Crippen LogP contribution is 2.33. The summed E-state index contributed by atoms with van der Waals surface area (Å²) in [6.45, 7) is 1.99. The summed E-state index contributed by atoms with van der Waals surface area (Å²) in [5.74, 6) is 0.692. The fraction of sp³-hybridized carbons (Fsp3) is 0.600. The molecule has 0 spiro atoms. The molecule has 0 aliphatic heterocycles. The lowest BCUT2D eigenvalue weighted by Gasteiger charge is -2.25. The second-order valence-corrected chi connectivity index (χ2v) is 5.62. The van der Waals surface area contributed by atoms with Crippen molar-refractivity contribution in [2.24, 2.45) is 5.92 Å². The van der Waals surface area contributed by atoms with Crippen molar-refractivity contribution in [2.45, 2.75) is 51.6 Å². The smallest absolute Gasteiger partial charge is 0.0795 e. The van der Waals surface area contributed by atoms with Gasteiger partial charge in [-0.15, -0.1) is 0 Å². The second-order valence-electron chi connectivity index (χ2n) is 5.21. The number of aliphatic hydroxyl groups excluding tert-OH is 1. The molecular weight excluding hydrogens is 232 g/mol. The summed E-state index contributed by atoms with van der Waals surface area (Å²) < 4.78 is 0. The van der Waals surface area contributed by atoms with Crippen LogP contribution in [0.15, 0.2) is 18.2 Å². The fourth-order valence-electron chi connectivity index (χ4n) is 2.85. The van der Waals surface area contributed by atoms with Gasteiger partial charge in [-0.2, -0.15) is 0 Å². The summed E-state index contributed by atoms with van der Waals surface area (Å²) in [6, 6.07) is 5.80. The van der Waals surface area contributed by atoms with Gasteiger partial charge in [-0.1, -0.05) is 55.8 Å². The van der Waals surface area contributed by atoms with Crippen molar-refractivity contribution in [3.05, 3.63) is 34.3 Å². The molecule has 1 fully saturated rings. The molecule has 1 aliphatic rings. The van der Waals surface area contributed by atoms with Crippen LogP contribution in [0, 0.1) is 12.8 Å². The largest absolute Gasteiger partial charge is 0.388 e. The minimum Gasteiger partial charge on any atom is -0.388 e. The van der Waals surface area contributed by atoms with E-state index in [1.807, 2.05) is 25.1 Å². The lowest BCUT2D eigenvalue weighted by Crippen LogP contribution is -2.11. The van der Waals surface area contributed by atoms with Crippen molar-refractivity contribution in [1.82, 2.24) is 0 Å². The molecule has 1 aliphatic carbocycles. The Hall–Kier alpha value is -0.530. The van der Waals surface area contributed by atoms with Crippen molar-refractivity contribution >= 4 is 11.6 Å². The number of benzene rings is 1. The van der Waals surface area contributed by atoms with Gasteiger partial charge in [0.2, 0.25) is 0 Å². The van der Waals surface area contributed by atoms with Gasteiger partial charge in [0.25, 0.3) is 0 Å². The zero-order valence-corrected chi connectivity index (χ0v) is 11.2. The van der Waals surface area contributed by atoms with Crippen LogP contribution in [0.25, 0.3) is 0 Å². The molecule has 0 bridgehead atoms. The van der Waals surface area contributed by atoms with E-state index in [4.69, 9.17) is 11.6 Å². The molecule has 1 atom stereocenters. The van der Waals surface area contributed by atoms with Crippen molar-refractivity contribution < 1.29 is 5.11 Å². The van der Waals surface area contributed by atoms with E-state index in [9.17, 15) is 5.11 Å². The van der Waals surface area contributed by atoms with Gasteiger partial charge in [0.1, 0.15) is 0 Å². The lowest BCUT2D eigenvalue weighted by molar-refractivity contribution is 0.131. The maximum absolute atomic E-state index is 10.3. The number of halogens is 1. The SMILES string of the molecule is Cc1c(Cl)cccc1C(O)CC1CCCCC1. The minimum absolute atomic E-state index is 0.350. The van der Waals surface area contributed by atoms with E-state index in [0.29, 0.717) is 5.92 Å². The first kappa shape index (κ1) is 12.9. The number of hydrogen-bond donors (Lipinski definition) is 1. The minimum atomic E-state index is -0.350. The van der Waals surface area contributed by atoms with Crippen molar-refractivity contribution in [3.8, 4) is 0 Å². The van der Waals surface area contributed by atoms with Gasteiger partial charge in [0.15, 0.2) is 0 Å². The molecule has 0 heterocycles. The molecule has 1 N–H and O–H groups in total. The molecule has 1 saturated carbocycles. The van der Waals surface area contributed by atoms with Crippen LogP contribution < -0.4 is 0 Å². The molecule has 0 amide bonds. The first-order chi connectivity index (χ1) is 8.18. The van der Waals surface area contributed by atoms with Crippen LogP contribution in [0.2, 0.25) is 5.02 Å². The maximum atomic E-state index is 10.3. The molecule has 2 rings (SSSR count). The summed E-state index contributed by atoms with van der Waals surface area (Å²) in [4.78, 5) is 0. The van der Waals surface area contributed by atoms with Gasteiger partial charge in [0.05, 0.1) is 6.10 Å². The Bertz CT molecular complexity index is 369. The van der Waals surface area contributed by atoms with Crippen LogP contribution in [-0.4, -0.2) is 5.11 Å². The third kappa shape index (κ3) is 3.23. The Labute approximate surface area is 109 Å². The average molecular weight is 253 g/mol. The molecular formula is C15H21ClO. The number of hydrogen-bond acceptors (Lipinski definition) is 1. The Morgan fingerprint density at radius 1 is 1.29 bits per heavy atom. The van der Waals surface area contributed by atoms with E-state index in [-0.39, 0.29) is 6.10 Å². The topological polar surface area (TPSA) is 20.2 Å². The van der Waals surface area contributed by atoms with Crippen molar-refractivity contribution in [1.29, 1.82) is 0 Å². The van der Waals surface area contributed by atoms with Gasteiger partial charge in [-0.3, -0.25) is 0 Å². The van der Waals surface area contributed by atoms with E-state index in [0.717, 1.165) is 22.6 Å².